The lowest BCUT2D eigenvalue weighted by atomic mass is 10.2. The van der Waals surface area contributed by atoms with Crippen LogP contribution in [0, 0.1) is 0 Å². The van der Waals surface area contributed by atoms with Crippen molar-refractivity contribution in [2.24, 2.45) is 5.73 Å². The minimum atomic E-state index is -0.458. The molecule has 2 heterocycles. The fourth-order valence-corrected chi connectivity index (χ4v) is 1.79. The van der Waals surface area contributed by atoms with Gasteiger partial charge in [0.15, 0.2) is 5.82 Å². The molecule has 0 amide bonds. The van der Waals surface area contributed by atoms with Crippen molar-refractivity contribution >= 4 is 23.2 Å². The zero-order valence-electron chi connectivity index (χ0n) is 9.66. The number of hydrogen-bond donors (Lipinski definition) is 1. The first kappa shape index (κ1) is 12.3. The molecule has 18 heavy (non-hydrogen) atoms. The Hall–Kier alpha value is -2.21. The Balaban J connectivity index is 2.60. The van der Waals surface area contributed by atoms with E-state index in [1.807, 2.05) is 0 Å². The Morgan fingerprint density at radius 1 is 1.44 bits per heavy atom. The molecule has 0 bridgehead atoms. The highest BCUT2D eigenvalue weighted by Gasteiger charge is 2.16. The number of carbonyl (C=O) groups excluding carboxylic acids is 1. The molecular weight excluding hydrogens is 250 g/mol. The largest absolute Gasteiger partial charge is 0.465 e. The van der Waals surface area contributed by atoms with Crippen LogP contribution in [0.4, 0.5) is 0 Å². The molecule has 0 fully saturated rings. The van der Waals surface area contributed by atoms with E-state index in [1.54, 1.807) is 41.2 Å². The second-order valence-electron chi connectivity index (χ2n) is 3.49. The quantitative estimate of drug-likeness (QED) is 0.666. The van der Waals surface area contributed by atoms with E-state index >= 15 is 0 Å². The molecule has 2 N–H and O–H groups in total. The number of thiocarbonyl (C=S) groups is 1. The van der Waals surface area contributed by atoms with Crippen molar-refractivity contribution in [1.29, 1.82) is 0 Å². The zero-order valence-corrected chi connectivity index (χ0v) is 10.5. The summed E-state index contributed by atoms with van der Waals surface area (Å²) in [6, 6.07) is 6.85. The van der Waals surface area contributed by atoms with Crippen LogP contribution in [0.3, 0.4) is 0 Å². The molecule has 2 aromatic heterocycles. The fraction of sp³-hybridized carbons (Fsp3) is 0.0833. The van der Waals surface area contributed by atoms with E-state index in [-0.39, 0.29) is 4.99 Å². The molecule has 5 nitrogen and oxygen atoms in total. The summed E-state index contributed by atoms with van der Waals surface area (Å²) < 4.78 is 6.38. The van der Waals surface area contributed by atoms with Gasteiger partial charge in [-0.3, -0.25) is 4.57 Å². The third-order valence-corrected chi connectivity index (χ3v) is 2.63. The van der Waals surface area contributed by atoms with Gasteiger partial charge in [-0.2, -0.15) is 0 Å². The summed E-state index contributed by atoms with van der Waals surface area (Å²) in [6.07, 6.45) is 3.33. The van der Waals surface area contributed by atoms with Gasteiger partial charge in [-0.25, -0.2) is 9.78 Å². The van der Waals surface area contributed by atoms with Gasteiger partial charge in [0.1, 0.15) is 10.6 Å². The molecule has 0 aliphatic heterocycles. The van der Waals surface area contributed by atoms with E-state index in [2.05, 4.69) is 4.98 Å². The summed E-state index contributed by atoms with van der Waals surface area (Å²) in [6.45, 7) is 0. The Morgan fingerprint density at radius 2 is 2.22 bits per heavy atom. The van der Waals surface area contributed by atoms with Crippen LogP contribution >= 0.6 is 12.2 Å². The molecule has 0 saturated heterocycles. The van der Waals surface area contributed by atoms with Crippen LogP contribution < -0.4 is 5.73 Å². The van der Waals surface area contributed by atoms with E-state index < -0.39 is 5.97 Å². The highest BCUT2D eigenvalue weighted by Crippen LogP contribution is 2.16. The number of esters is 1. The second kappa shape index (κ2) is 4.97. The van der Waals surface area contributed by atoms with Crippen molar-refractivity contribution in [2.45, 2.75) is 0 Å². The molecular formula is C12H11N3O2S. The van der Waals surface area contributed by atoms with Crippen LogP contribution in [0.1, 0.15) is 16.1 Å². The van der Waals surface area contributed by atoms with Crippen LogP contribution in [-0.4, -0.2) is 27.6 Å². The minimum Gasteiger partial charge on any atom is -0.465 e. The molecule has 0 aliphatic carbocycles. The third-order valence-electron chi connectivity index (χ3n) is 2.42. The number of ether oxygens (including phenoxy) is 1. The summed E-state index contributed by atoms with van der Waals surface area (Å²) in [4.78, 5) is 16.1. The minimum absolute atomic E-state index is 0.237. The van der Waals surface area contributed by atoms with Gasteiger partial charge in [-0.1, -0.05) is 12.2 Å². The molecule has 0 saturated carbocycles. The van der Waals surface area contributed by atoms with Crippen molar-refractivity contribution in [3.8, 4) is 5.82 Å². The number of hydrogen-bond acceptors (Lipinski definition) is 4. The van der Waals surface area contributed by atoms with E-state index in [9.17, 15) is 4.79 Å². The van der Waals surface area contributed by atoms with Gasteiger partial charge < -0.3 is 10.5 Å². The molecule has 0 atom stereocenters. The van der Waals surface area contributed by atoms with Crippen molar-refractivity contribution in [2.75, 3.05) is 7.11 Å². The molecule has 2 rings (SSSR count). The van der Waals surface area contributed by atoms with Crippen LogP contribution in [0.15, 0.2) is 36.7 Å². The lowest BCUT2D eigenvalue weighted by Gasteiger charge is -2.10. The van der Waals surface area contributed by atoms with E-state index in [1.165, 1.54) is 7.11 Å². The number of pyridine rings is 1. The molecule has 0 aromatic carbocycles. The van der Waals surface area contributed by atoms with Crippen molar-refractivity contribution < 1.29 is 9.53 Å². The SMILES string of the molecule is COC(=O)c1cccnc1-n1cccc1C(N)=S. The number of rotatable bonds is 3. The lowest BCUT2D eigenvalue weighted by molar-refractivity contribution is 0.0600. The summed E-state index contributed by atoms with van der Waals surface area (Å²) in [5, 5.41) is 0. The highest BCUT2D eigenvalue weighted by molar-refractivity contribution is 7.80. The van der Waals surface area contributed by atoms with Crippen molar-refractivity contribution in [3.05, 3.63) is 47.9 Å². The molecule has 92 valence electrons. The predicted octanol–water partition coefficient (Wildman–Crippen LogP) is 1.29. The fourth-order valence-electron chi connectivity index (χ4n) is 1.62. The lowest BCUT2D eigenvalue weighted by Crippen LogP contribution is -2.17. The van der Waals surface area contributed by atoms with Gasteiger partial charge in [-0.15, -0.1) is 0 Å². The van der Waals surface area contributed by atoms with E-state index in [0.717, 1.165) is 0 Å². The third kappa shape index (κ3) is 2.10. The molecule has 0 radical (unpaired) electrons. The maximum atomic E-state index is 11.7. The Kier molecular flexibility index (Phi) is 3.38. The number of carbonyl (C=O) groups is 1. The van der Waals surface area contributed by atoms with Crippen LogP contribution in [0.25, 0.3) is 5.82 Å². The monoisotopic (exact) mass is 261 g/mol. The van der Waals surface area contributed by atoms with E-state index in [4.69, 9.17) is 22.7 Å². The zero-order chi connectivity index (χ0) is 13.1. The van der Waals surface area contributed by atoms with Gasteiger partial charge >= 0.3 is 5.97 Å². The van der Waals surface area contributed by atoms with Gasteiger partial charge in [0.05, 0.1) is 12.8 Å². The van der Waals surface area contributed by atoms with Crippen molar-refractivity contribution in [1.82, 2.24) is 9.55 Å². The maximum absolute atomic E-state index is 11.7. The number of nitrogens with two attached hydrogens (primary N) is 1. The van der Waals surface area contributed by atoms with Gasteiger partial charge in [0, 0.05) is 12.4 Å². The first-order valence-corrected chi connectivity index (χ1v) is 5.57. The summed E-state index contributed by atoms with van der Waals surface area (Å²) in [5.74, 6) is -0.0159. The molecule has 0 spiro atoms. The van der Waals surface area contributed by atoms with E-state index in [0.29, 0.717) is 17.1 Å². The van der Waals surface area contributed by atoms with Crippen LogP contribution in [0.2, 0.25) is 0 Å². The van der Waals surface area contributed by atoms with Crippen LogP contribution in [-0.2, 0) is 4.74 Å². The molecule has 0 unspecified atom stereocenters. The number of nitrogens with zero attached hydrogens (tertiary/aromatic N) is 2. The average Bonchev–Trinajstić information content (AvgIpc) is 2.87. The predicted molar refractivity (Wildman–Crippen MR) is 70.8 cm³/mol. The van der Waals surface area contributed by atoms with Gasteiger partial charge in [-0.05, 0) is 24.3 Å². The second-order valence-corrected chi connectivity index (χ2v) is 3.93. The first-order chi connectivity index (χ1) is 8.65. The highest BCUT2D eigenvalue weighted by atomic mass is 32.1. The standard InChI is InChI=1S/C12H11N3O2S/c1-17-12(16)8-4-2-6-14-11(8)15-7-3-5-9(15)10(13)18/h2-7H,1H3,(H2,13,18). The first-order valence-electron chi connectivity index (χ1n) is 5.16. The molecule has 6 heteroatoms. The maximum Gasteiger partial charge on any atom is 0.341 e. The Bertz CT molecular complexity index is 607. The average molecular weight is 261 g/mol. The molecule has 0 aliphatic rings. The molecule has 2 aromatic rings. The normalized spacial score (nSPS) is 10.1. The smallest absolute Gasteiger partial charge is 0.341 e. The summed E-state index contributed by atoms with van der Waals surface area (Å²) in [5.41, 5.74) is 6.60. The van der Waals surface area contributed by atoms with Crippen molar-refractivity contribution in [3.63, 3.8) is 0 Å². The summed E-state index contributed by atoms with van der Waals surface area (Å²) >= 11 is 4.95. The number of aromatic nitrogens is 2. The Morgan fingerprint density at radius 3 is 2.89 bits per heavy atom. The Labute approximate surface area is 109 Å². The number of methoxy groups -OCH3 is 1. The van der Waals surface area contributed by atoms with Gasteiger partial charge in [0.2, 0.25) is 0 Å². The van der Waals surface area contributed by atoms with Gasteiger partial charge in [0.25, 0.3) is 0 Å². The summed E-state index contributed by atoms with van der Waals surface area (Å²) in [7, 11) is 1.32. The topological polar surface area (TPSA) is 70.1 Å². The van der Waals surface area contributed by atoms with Crippen LogP contribution in [0.5, 0.6) is 0 Å².